The van der Waals surface area contributed by atoms with Crippen molar-refractivity contribution in [2.45, 2.75) is 36.9 Å². The van der Waals surface area contributed by atoms with Gasteiger partial charge in [0.1, 0.15) is 5.76 Å². The first-order chi connectivity index (χ1) is 19.1. The molecule has 0 bridgehead atoms. The minimum atomic E-state index is -1.05. The summed E-state index contributed by atoms with van der Waals surface area (Å²) in [7, 11) is 0. The lowest BCUT2D eigenvalue weighted by Gasteiger charge is -2.22. The van der Waals surface area contributed by atoms with Crippen LogP contribution in [0.1, 0.15) is 39.4 Å². The van der Waals surface area contributed by atoms with Gasteiger partial charge in [0.05, 0.1) is 16.5 Å². The third kappa shape index (κ3) is 5.25. The number of anilines is 1. The van der Waals surface area contributed by atoms with Crippen LogP contribution in [0.15, 0.2) is 76.6 Å². The highest BCUT2D eigenvalue weighted by Crippen LogP contribution is 2.44. The smallest absolute Gasteiger partial charge is 0.301 e. The normalized spacial score (nSPS) is 16.5. The van der Waals surface area contributed by atoms with Crippen molar-refractivity contribution in [3.05, 3.63) is 116 Å². The quantitative estimate of drug-likeness (QED) is 0.0521. The van der Waals surface area contributed by atoms with E-state index < -0.39 is 22.7 Å². The van der Waals surface area contributed by atoms with E-state index in [1.807, 2.05) is 50.2 Å². The molecule has 1 N–H and O–H groups in total. The Labute approximate surface area is 238 Å². The van der Waals surface area contributed by atoms with Crippen LogP contribution in [0.2, 0.25) is 0 Å². The Bertz CT molecular complexity index is 1660. The fraction of sp³-hybridized carbons (Fsp3) is 0.172. The van der Waals surface area contributed by atoms with Gasteiger partial charge < -0.3 is 5.11 Å². The van der Waals surface area contributed by atoms with E-state index in [0.29, 0.717) is 21.2 Å². The van der Waals surface area contributed by atoms with Crippen molar-refractivity contribution >= 4 is 51.4 Å². The molecule has 40 heavy (non-hydrogen) atoms. The maximum absolute atomic E-state index is 13.4. The van der Waals surface area contributed by atoms with Gasteiger partial charge in [0, 0.05) is 23.4 Å². The molecule has 9 nitrogen and oxygen atoms in total. The Morgan fingerprint density at radius 1 is 1.00 bits per heavy atom. The molecule has 1 saturated heterocycles. The van der Waals surface area contributed by atoms with Crippen molar-refractivity contribution in [2.75, 3.05) is 4.90 Å². The van der Waals surface area contributed by atoms with Crippen LogP contribution in [-0.2, 0) is 15.3 Å². The van der Waals surface area contributed by atoms with Gasteiger partial charge >= 0.3 is 5.91 Å². The van der Waals surface area contributed by atoms with Gasteiger partial charge in [0.15, 0.2) is 4.34 Å². The number of carbonyl (C=O) groups excluding carboxylic acids is 2. The van der Waals surface area contributed by atoms with Crippen LogP contribution in [0, 0.1) is 30.9 Å². The Morgan fingerprint density at radius 3 is 2.35 bits per heavy atom. The summed E-state index contributed by atoms with van der Waals surface area (Å²) in [5.74, 6) is -1.40. The number of aliphatic hydroxyl groups excluding tert-OH is 1. The van der Waals surface area contributed by atoms with Crippen molar-refractivity contribution in [1.29, 1.82) is 0 Å². The number of nitrogens with zero attached hydrogens (tertiary/aromatic N) is 4. The standard InChI is InChI=1S/C29H24N4O5S2/c1-16-5-8-19(9-6-16)15-39-29-31-30-28(40-29)32-24(20-10-12-21(13-11-20)33(37)38)23(26(35)27(32)36)25(34)22-14-17(2)4-7-18(22)3/h4-14,24,34H,15H2,1-3H3/b25-23+. The Hall–Kier alpha value is -4.35. The maximum Gasteiger partial charge on any atom is 0.301 e. The van der Waals surface area contributed by atoms with E-state index in [1.54, 1.807) is 13.0 Å². The lowest BCUT2D eigenvalue weighted by molar-refractivity contribution is -0.384. The van der Waals surface area contributed by atoms with E-state index in [0.717, 1.165) is 33.6 Å². The lowest BCUT2D eigenvalue weighted by Crippen LogP contribution is -2.29. The molecule has 1 amide bonds. The minimum absolute atomic E-state index is 0.114. The van der Waals surface area contributed by atoms with Gasteiger partial charge in [-0.3, -0.25) is 24.6 Å². The molecule has 0 aliphatic carbocycles. The number of hydrogen-bond acceptors (Lipinski definition) is 9. The van der Waals surface area contributed by atoms with Crippen LogP contribution in [-0.4, -0.2) is 31.9 Å². The predicted octanol–water partition coefficient (Wildman–Crippen LogP) is 6.29. The van der Waals surface area contributed by atoms with Crippen molar-refractivity contribution in [2.24, 2.45) is 0 Å². The highest BCUT2D eigenvalue weighted by molar-refractivity contribution is 8.00. The summed E-state index contributed by atoms with van der Waals surface area (Å²) in [5, 5.41) is 31.3. The van der Waals surface area contributed by atoms with Crippen molar-refractivity contribution in [3.8, 4) is 0 Å². The molecular weight excluding hydrogens is 548 g/mol. The second-order valence-electron chi connectivity index (χ2n) is 9.46. The van der Waals surface area contributed by atoms with Crippen LogP contribution < -0.4 is 4.90 Å². The predicted molar refractivity (Wildman–Crippen MR) is 154 cm³/mol. The average molecular weight is 573 g/mol. The summed E-state index contributed by atoms with van der Waals surface area (Å²) in [4.78, 5) is 38.8. The van der Waals surface area contributed by atoms with Gasteiger partial charge in [-0.2, -0.15) is 0 Å². The number of carbonyl (C=O) groups is 2. The number of benzene rings is 3. The number of aryl methyl sites for hydroxylation is 3. The van der Waals surface area contributed by atoms with E-state index in [1.165, 1.54) is 40.9 Å². The van der Waals surface area contributed by atoms with Gasteiger partial charge in [-0.15, -0.1) is 10.2 Å². The van der Waals surface area contributed by atoms with E-state index >= 15 is 0 Å². The van der Waals surface area contributed by atoms with E-state index in [9.17, 15) is 24.8 Å². The number of thioether (sulfide) groups is 1. The molecular formula is C29H24N4O5S2. The largest absolute Gasteiger partial charge is 0.507 e. The van der Waals surface area contributed by atoms with Crippen LogP contribution in [0.25, 0.3) is 5.76 Å². The van der Waals surface area contributed by atoms with Crippen LogP contribution in [0.3, 0.4) is 0 Å². The molecule has 0 saturated carbocycles. The molecule has 1 aliphatic rings. The second kappa shape index (κ2) is 11.0. The van der Waals surface area contributed by atoms with Crippen LogP contribution in [0.5, 0.6) is 0 Å². The van der Waals surface area contributed by atoms with E-state index in [4.69, 9.17) is 0 Å². The third-order valence-electron chi connectivity index (χ3n) is 6.60. The van der Waals surface area contributed by atoms with E-state index in [-0.39, 0.29) is 22.2 Å². The number of amides is 1. The molecule has 0 radical (unpaired) electrons. The maximum atomic E-state index is 13.4. The molecule has 5 rings (SSSR count). The topological polar surface area (TPSA) is 127 Å². The lowest BCUT2D eigenvalue weighted by atomic mass is 9.93. The van der Waals surface area contributed by atoms with Crippen molar-refractivity contribution < 1.29 is 19.6 Å². The number of Topliss-reactive ketones (excluding diaryl/α,β-unsaturated/α-hetero) is 1. The van der Waals surface area contributed by atoms with Crippen LogP contribution >= 0.6 is 23.1 Å². The number of ketones is 1. The summed E-state index contributed by atoms with van der Waals surface area (Å²) in [6.45, 7) is 5.68. The zero-order valence-electron chi connectivity index (χ0n) is 21.8. The Balaban J connectivity index is 1.57. The second-order valence-corrected chi connectivity index (χ2v) is 11.6. The minimum Gasteiger partial charge on any atom is -0.507 e. The fourth-order valence-corrected chi connectivity index (χ4v) is 6.27. The van der Waals surface area contributed by atoms with Crippen molar-refractivity contribution in [3.63, 3.8) is 0 Å². The number of non-ortho nitro benzene ring substituents is 1. The summed E-state index contributed by atoms with van der Waals surface area (Å²) in [5.41, 5.74) is 4.45. The number of rotatable bonds is 7. The molecule has 0 spiro atoms. The first-order valence-electron chi connectivity index (χ1n) is 12.3. The number of aliphatic hydroxyl groups is 1. The fourth-order valence-electron chi connectivity index (χ4n) is 4.45. The first-order valence-corrected chi connectivity index (χ1v) is 14.1. The van der Waals surface area contributed by atoms with Gasteiger partial charge in [-0.05, 0) is 55.7 Å². The molecule has 1 unspecified atom stereocenters. The Kier molecular flexibility index (Phi) is 7.51. The highest BCUT2D eigenvalue weighted by atomic mass is 32.2. The molecule has 202 valence electrons. The number of hydrogen-bond donors (Lipinski definition) is 1. The Morgan fingerprint density at radius 2 is 1.68 bits per heavy atom. The SMILES string of the molecule is Cc1ccc(CSc2nnc(N3C(=O)C(=O)/C(=C(/O)c4cc(C)ccc4C)C3c3ccc([N+](=O)[O-])cc3)s2)cc1. The molecule has 11 heteroatoms. The molecule has 1 atom stereocenters. The van der Waals surface area contributed by atoms with Gasteiger partial charge in [0.2, 0.25) is 5.13 Å². The first kappa shape index (κ1) is 27.2. The molecule has 4 aromatic rings. The molecule has 2 heterocycles. The molecule has 3 aromatic carbocycles. The molecule has 1 fully saturated rings. The summed E-state index contributed by atoms with van der Waals surface area (Å²) in [6.07, 6.45) is 0. The van der Waals surface area contributed by atoms with E-state index in [2.05, 4.69) is 10.2 Å². The zero-order chi connectivity index (χ0) is 28.6. The number of nitro groups is 1. The summed E-state index contributed by atoms with van der Waals surface area (Å²) < 4.78 is 0.606. The average Bonchev–Trinajstić information content (AvgIpc) is 3.51. The monoisotopic (exact) mass is 572 g/mol. The summed E-state index contributed by atoms with van der Waals surface area (Å²) in [6, 6.07) is 18.1. The number of aromatic nitrogens is 2. The number of nitro benzene ring substituents is 1. The van der Waals surface area contributed by atoms with Gasteiger partial charge in [-0.25, -0.2) is 0 Å². The highest BCUT2D eigenvalue weighted by Gasteiger charge is 2.48. The third-order valence-corrected chi connectivity index (χ3v) is 8.72. The molecule has 1 aliphatic heterocycles. The van der Waals surface area contributed by atoms with Crippen molar-refractivity contribution in [1.82, 2.24) is 10.2 Å². The summed E-state index contributed by atoms with van der Waals surface area (Å²) >= 11 is 2.62. The van der Waals surface area contributed by atoms with Gasteiger partial charge in [-0.1, -0.05) is 70.6 Å². The van der Waals surface area contributed by atoms with Crippen LogP contribution in [0.4, 0.5) is 10.8 Å². The zero-order valence-corrected chi connectivity index (χ0v) is 23.5. The molecule has 1 aromatic heterocycles. The van der Waals surface area contributed by atoms with Gasteiger partial charge in [0.25, 0.3) is 11.5 Å².